The smallest absolute Gasteiger partial charge is 0.348 e. The lowest BCUT2D eigenvalue weighted by Gasteiger charge is -2.46. The molecule has 5 heteroatoms. The van der Waals surface area contributed by atoms with Crippen molar-refractivity contribution in [2.24, 2.45) is 5.92 Å². The van der Waals surface area contributed by atoms with Crippen LogP contribution in [0.5, 0.6) is 0 Å². The van der Waals surface area contributed by atoms with Gasteiger partial charge in [0.25, 0.3) is 0 Å². The molecule has 0 amide bonds. The minimum absolute atomic E-state index is 0.0503. The minimum atomic E-state index is -0.369. The number of rotatable bonds is 3. The lowest BCUT2D eigenvalue weighted by atomic mass is 9.60. The van der Waals surface area contributed by atoms with Crippen molar-refractivity contribution in [3.63, 3.8) is 0 Å². The zero-order valence-electron chi connectivity index (χ0n) is 14.0. The van der Waals surface area contributed by atoms with Crippen molar-refractivity contribution in [1.29, 1.82) is 5.26 Å². The Hall–Kier alpha value is -1.99. The largest absolute Gasteiger partial charge is 0.373 e. The number of carbonyl (C=O) groups excluding carboxylic acids is 2. The van der Waals surface area contributed by atoms with Gasteiger partial charge in [-0.15, -0.1) is 0 Å². The maximum Gasteiger partial charge on any atom is 0.373 e. The standard InChI is InChI=1S/C18H23NO2.CO2/c1-2-15(14-19)17(16-6-4-3-5-7-16)8-10-18(11-9-17)20-12-13-21-18;2-1-3/h3-7,15H,2,8-13H2,1H3;. The van der Waals surface area contributed by atoms with Crippen LogP contribution in [-0.4, -0.2) is 25.2 Å². The van der Waals surface area contributed by atoms with Crippen LogP contribution in [0, 0.1) is 17.2 Å². The van der Waals surface area contributed by atoms with E-state index in [0.29, 0.717) is 13.2 Å². The van der Waals surface area contributed by atoms with Crippen LogP contribution in [0.4, 0.5) is 0 Å². The summed E-state index contributed by atoms with van der Waals surface area (Å²) in [7, 11) is 0. The van der Waals surface area contributed by atoms with Crippen LogP contribution in [0.3, 0.4) is 0 Å². The molecule has 1 atom stereocenters. The Bertz CT molecular complexity index is 586. The molecule has 2 fully saturated rings. The van der Waals surface area contributed by atoms with E-state index in [9.17, 15) is 5.26 Å². The Morgan fingerprint density at radius 3 is 2.08 bits per heavy atom. The fourth-order valence-corrected chi connectivity index (χ4v) is 4.08. The highest BCUT2D eigenvalue weighted by Crippen LogP contribution is 2.50. The number of hydrogen-bond acceptors (Lipinski definition) is 5. The van der Waals surface area contributed by atoms with Gasteiger partial charge in [0.2, 0.25) is 0 Å². The number of ether oxygens (including phenoxy) is 2. The molecule has 1 saturated heterocycles. The molecule has 1 aliphatic heterocycles. The van der Waals surface area contributed by atoms with Crippen LogP contribution in [0.15, 0.2) is 30.3 Å². The topological polar surface area (TPSA) is 76.4 Å². The van der Waals surface area contributed by atoms with E-state index in [4.69, 9.17) is 19.1 Å². The van der Waals surface area contributed by atoms with Gasteiger partial charge in [0.05, 0.1) is 25.2 Å². The zero-order chi connectivity index (χ0) is 17.5. The molecule has 128 valence electrons. The van der Waals surface area contributed by atoms with E-state index in [1.807, 2.05) is 6.07 Å². The molecule has 3 rings (SSSR count). The molecule has 1 spiro atoms. The molecule has 0 aromatic heterocycles. The quantitative estimate of drug-likeness (QED) is 0.851. The fraction of sp³-hybridized carbons (Fsp3) is 0.579. The van der Waals surface area contributed by atoms with E-state index in [1.54, 1.807) is 0 Å². The summed E-state index contributed by atoms with van der Waals surface area (Å²) in [5.74, 6) is -0.315. The summed E-state index contributed by atoms with van der Waals surface area (Å²) in [5.41, 5.74) is 1.25. The Kier molecular flexibility index (Phi) is 6.28. The lowest BCUT2D eigenvalue weighted by Crippen LogP contribution is -2.45. The molecule has 1 aromatic rings. The molecule has 2 aliphatic rings. The molecule has 1 unspecified atom stereocenters. The predicted molar refractivity (Wildman–Crippen MR) is 85.6 cm³/mol. The first-order valence-electron chi connectivity index (χ1n) is 8.39. The third kappa shape index (κ3) is 3.57. The van der Waals surface area contributed by atoms with Gasteiger partial charge in [-0.25, -0.2) is 0 Å². The maximum atomic E-state index is 9.65. The van der Waals surface area contributed by atoms with Gasteiger partial charge < -0.3 is 9.47 Å². The van der Waals surface area contributed by atoms with Crippen LogP contribution in [-0.2, 0) is 24.5 Å². The van der Waals surface area contributed by atoms with Crippen LogP contribution >= 0.6 is 0 Å². The van der Waals surface area contributed by atoms with Gasteiger partial charge in [-0.1, -0.05) is 37.3 Å². The number of nitriles is 1. The molecular weight excluding hydrogens is 306 g/mol. The molecule has 1 aromatic carbocycles. The third-order valence-corrected chi connectivity index (χ3v) is 5.30. The summed E-state index contributed by atoms with van der Waals surface area (Å²) in [5, 5.41) is 9.65. The van der Waals surface area contributed by atoms with E-state index in [1.165, 1.54) is 5.56 Å². The van der Waals surface area contributed by atoms with Gasteiger partial charge in [-0.2, -0.15) is 14.9 Å². The van der Waals surface area contributed by atoms with Gasteiger partial charge in [-0.3, -0.25) is 0 Å². The number of benzene rings is 1. The first kappa shape index (κ1) is 18.4. The van der Waals surface area contributed by atoms with Crippen molar-refractivity contribution in [3.05, 3.63) is 35.9 Å². The Morgan fingerprint density at radius 1 is 1.08 bits per heavy atom. The van der Waals surface area contributed by atoms with Crippen molar-refractivity contribution in [2.45, 2.75) is 50.2 Å². The Labute approximate surface area is 142 Å². The zero-order valence-corrected chi connectivity index (χ0v) is 14.0. The van der Waals surface area contributed by atoms with Gasteiger partial charge >= 0.3 is 6.15 Å². The van der Waals surface area contributed by atoms with Crippen molar-refractivity contribution in [1.82, 2.24) is 0 Å². The fourth-order valence-electron chi connectivity index (χ4n) is 4.08. The van der Waals surface area contributed by atoms with Crippen LogP contribution in [0.25, 0.3) is 0 Å². The van der Waals surface area contributed by atoms with Crippen molar-refractivity contribution in [3.8, 4) is 6.07 Å². The molecular formula is C19H23NO4. The molecule has 0 N–H and O–H groups in total. The monoisotopic (exact) mass is 329 g/mol. The van der Waals surface area contributed by atoms with E-state index >= 15 is 0 Å². The Balaban J connectivity index is 0.000000647. The molecule has 5 nitrogen and oxygen atoms in total. The minimum Gasteiger partial charge on any atom is -0.348 e. The molecule has 1 saturated carbocycles. The normalized spacial score (nSPS) is 21.8. The lowest BCUT2D eigenvalue weighted by molar-refractivity contribution is -0.191. The van der Waals surface area contributed by atoms with Crippen LogP contribution < -0.4 is 0 Å². The van der Waals surface area contributed by atoms with Crippen molar-refractivity contribution >= 4 is 6.15 Å². The van der Waals surface area contributed by atoms with Crippen LogP contribution in [0.1, 0.15) is 44.6 Å². The first-order chi connectivity index (χ1) is 11.7. The van der Waals surface area contributed by atoms with Gasteiger partial charge in [0.15, 0.2) is 5.79 Å². The van der Waals surface area contributed by atoms with Gasteiger partial charge in [0, 0.05) is 18.3 Å². The van der Waals surface area contributed by atoms with Gasteiger partial charge in [-0.05, 0) is 24.8 Å². The summed E-state index contributed by atoms with van der Waals surface area (Å²) < 4.78 is 11.7. The molecule has 0 radical (unpaired) electrons. The Morgan fingerprint density at radius 2 is 1.62 bits per heavy atom. The molecule has 1 heterocycles. The van der Waals surface area contributed by atoms with Crippen molar-refractivity contribution in [2.75, 3.05) is 13.2 Å². The summed E-state index contributed by atoms with van der Waals surface area (Å²) >= 11 is 0. The third-order valence-electron chi connectivity index (χ3n) is 5.30. The summed E-state index contributed by atoms with van der Waals surface area (Å²) in [6.07, 6.45) is 4.84. The first-order valence-corrected chi connectivity index (χ1v) is 8.39. The molecule has 24 heavy (non-hydrogen) atoms. The number of nitrogens with zero attached hydrogens (tertiary/aromatic N) is 1. The highest BCUT2D eigenvalue weighted by molar-refractivity contribution is 5.30. The average Bonchev–Trinajstić information content (AvgIpc) is 3.08. The number of hydrogen-bond donors (Lipinski definition) is 0. The van der Waals surface area contributed by atoms with E-state index in [2.05, 4.69) is 37.3 Å². The van der Waals surface area contributed by atoms with E-state index in [0.717, 1.165) is 32.1 Å². The second kappa shape index (κ2) is 8.21. The van der Waals surface area contributed by atoms with E-state index in [-0.39, 0.29) is 23.3 Å². The average molecular weight is 329 g/mol. The highest BCUT2D eigenvalue weighted by atomic mass is 16.7. The van der Waals surface area contributed by atoms with E-state index < -0.39 is 0 Å². The summed E-state index contributed by atoms with van der Waals surface area (Å²) in [6, 6.07) is 13.1. The summed E-state index contributed by atoms with van der Waals surface area (Å²) in [4.78, 5) is 16.2. The molecule has 0 bridgehead atoms. The SMILES string of the molecule is CCC(C#N)C1(c2ccccc2)CCC2(CC1)OCCO2.O=C=O. The van der Waals surface area contributed by atoms with Crippen LogP contribution in [0.2, 0.25) is 0 Å². The van der Waals surface area contributed by atoms with Crippen molar-refractivity contribution < 1.29 is 19.1 Å². The second-order valence-electron chi connectivity index (χ2n) is 6.30. The maximum absolute atomic E-state index is 9.65. The second-order valence-corrected chi connectivity index (χ2v) is 6.30. The molecule has 1 aliphatic carbocycles. The van der Waals surface area contributed by atoms with Gasteiger partial charge in [0.1, 0.15) is 0 Å². The highest BCUT2D eigenvalue weighted by Gasteiger charge is 2.49. The summed E-state index contributed by atoms with van der Waals surface area (Å²) in [6.45, 7) is 3.52. The predicted octanol–water partition coefficient (Wildman–Crippen LogP) is 3.21.